The summed E-state index contributed by atoms with van der Waals surface area (Å²) in [7, 11) is -2.02. The highest BCUT2D eigenvalue weighted by atomic mass is 32.2. The van der Waals surface area contributed by atoms with Crippen LogP contribution in [0.4, 0.5) is 16.2 Å². The molecule has 1 aromatic heterocycles. The number of ether oxygens (including phenoxy) is 2. The van der Waals surface area contributed by atoms with Crippen LogP contribution in [0.15, 0.2) is 66.9 Å². The van der Waals surface area contributed by atoms with E-state index in [4.69, 9.17) is 9.47 Å². The van der Waals surface area contributed by atoms with Crippen LogP contribution in [0.2, 0.25) is 0 Å². The van der Waals surface area contributed by atoms with Crippen molar-refractivity contribution in [2.75, 3.05) is 22.9 Å². The number of hydrogen-bond acceptors (Lipinski definition) is 6. The molecule has 2 amide bonds. The van der Waals surface area contributed by atoms with E-state index in [1.807, 2.05) is 42.5 Å². The topological polar surface area (TPSA) is 119 Å². The van der Waals surface area contributed by atoms with Crippen LogP contribution in [-0.2, 0) is 23.2 Å². The molecule has 0 saturated carbocycles. The summed E-state index contributed by atoms with van der Waals surface area (Å²) in [6.07, 6.45) is 1.71. The number of rotatable bonds is 10. The van der Waals surface area contributed by atoms with E-state index in [0.29, 0.717) is 29.5 Å². The van der Waals surface area contributed by atoms with E-state index in [0.717, 1.165) is 11.3 Å². The van der Waals surface area contributed by atoms with Gasteiger partial charge in [0.15, 0.2) is 0 Å². The number of carbonyl (C=O) groups excluding carboxylic acids is 1. The molecule has 0 aliphatic carbocycles. The van der Waals surface area contributed by atoms with Gasteiger partial charge in [-0.2, -0.15) is 0 Å². The van der Waals surface area contributed by atoms with Gasteiger partial charge in [-0.1, -0.05) is 18.2 Å². The molecule has 0 spiro atoms. The largest absolute Gasteiger partial charge is 0.494 e. The second-order valence-corrected chi connectivity index (χ2v) is 9.00. The zero-order chi connectivity index (χ0) is 23.7. The minimum absolute atomic E-state index is 0.0616. The molecule has 33 heavy (non-hydrogen) atoms. The molecule has 0 aliphatic rings. The van der Waals surface area contributed by atoms with Crippen molar-refractivity contribution in [1.82, 2.24) is 10.3 Å². The van der Waals surface area contributed by atoms with Crippen molar-refractivity contribution in [3.8, 4) is 11.5 Å². The summed E-state index contributed by atoms with van der Waals surface area (Å²) in [4.78, 5) is 16.5. The number of pyridine rings is 1. The average molecular weight is 471 g/mol. The van der Waals surface area contributed by atoms with Crippen molar-refractivity contribution in [2.24, 2.45) is 0 Å². The Morgan fingerprint density at radius 1 is 1.06 bits per heavy atom. The molecule has 2 aromatic carbocycles. The molecule has 3 N–H and O–H groups in total. The summed E-state index contributed by atoms with van der Waals surface area (Å²) in [6.45, 7) is 2.18. The van der Waals surface area contributed by atoms with E-state index in [9.17, 15) is 13.2 Å². The zero-order valence-electron chi connectivity index (χ0n) is 18.4. The fourth-order valence-electron chi connectivity index (χ4n) is 2.84. The number of benzene rings is 2. The van der Waals surface area contributed by atoms with Crippen molar-refractivity contribution in [3.05, 3.63) is 78.1 Å². The Hall–Kier alpha value is -3.79. The second kappa shape index (κ2) is 11.2. The fraction of sp³-hybridized carbons (Fsp3) is 0.217. The molecular weight excluding hydrogens is 444 g/mol. The zero-order valence-corrected chi connectivity index (χ0v) is 19.2. The third kappa shape index (κ3) is 7.39. The number of nitrogens with zero attached hydrogens (tertiary/aromatic N) is 1. The van der Waals surface area contributed by atoms with Gasteiger partial charge >= 0.3 is 6.03 Å². The van der Waals surface area contributed by atoms with Crippen molar-refractivity contribution >= 4 is 27.4 Å². The number of carbonyl (C=O) groups is 1. The van der Waals surface area contributed by atoms with E-state index in [1.165, 1.54) is 20.1 Å². The normalized spacial score (nSPS) is 10.8. The Morgan fingerprint density at radius 2 is 1.91 bits per heavy atom. The number of amides is 2. The number of aromatic nitrogens is 1. The van der Waals surface area contributed by atoms with Gasteiger partial charge in [-0.25, -0.2) is 13.2 Å². The Kier molecular flexibility index (Phi) is 8.09. The highest BCUT2D eigenvalue weighted by Gasteiger charge is 2.12. The van der Waals surface area contributed by atoms with Gasteiger partial charge in [-0.15, -0.1) is 0 Å². The first-order valence-corrected chi connectivity index (χ1v) is 11.9. The molecular formula is C23H26N4O5S. The van der Waals surface area contributed by atoms with Crippen molar-refractivity contribution in [1.29, 1.82) is 0 Å². The fourth-order valence-corrected chi connectivity index (χ4v) is 3.48. The maximum Gasteiger partial charge on any atom is 0.319 e. The molecule has 10 heteroatoms. The lowest BCUT2D eigenvalue weighted by molar-refractivity contribution is 0.251. The van der Waals surface area contributed by atoms with Gasteiger partial charge in [-0.3, -0.25) is 9.71 Å². The van der Waals surface area contributed by atoms with E-state index in [1.54, 1.807) is 18.3 Å². The molecule has 0 radical (unpaired) electrons. The summed E-state index contributed by atoms with van der Waals surface area (Å²) in [5.41, 5.74) is 2.44. The van der Waals surface area contributed by atoms with Crippen LogP contribution in [0.25, 0.3) is 0 Å². The number of methoxy groups -OCH3 is 1. The van der Waals surface area contributed by atoms with Crippen LogP contribution in [0, 0.1) is 0 Å². The third-order valence-electron chi connectivity index (χ3n) is 4.57. The van der Waals surface area contributed by atoms with Gasteiger partial charge in [0.25, 0.3) is 0 Å². The first-order valence-electron chi connectivity index (χ1n) is 10.2. The van der Waals surface area contributed by atoms with Crippen LogP contribution in [0.3, 0.4) is 0 Å². The predicted octanol–water partition coefficient (Wildman–Crippen LogP) is 3.75. The smallest absolute Gasteiger partial charge is 0.319 e. The molecule has 0 aliphatic heterocycles. The van der Waals surface area contributed by atoms with Gasteiger partial charge < -0.3 is 20.1 Å². The Bertz CT molecular complexity index is 1190. The van der Waals surface area contributed by atoms with Crippen molar-refractivity contribution in [2.45, 2.75) is 20.1 Å². The van der Waals surface area contributed by atoms with E-state index < -0.39 is 16.1 Å². The van der Waals surface area contributed by atoms with E-state index in [-0.39, 0.29) is 12.3 Å². The number of nitrogens with one attached hydrogen (secondary N) is 3. The predicted molar refractivity (Wildman–Crippen MR) is 127 cm³/mol. The molecule has 1 heterocycles. The average Bonchev–Trinajstić information content (AvgIpc) is 2.83. The molecule has 0 saturated heterocycles. The molecule has 3 aromatic rings. The van der Waals surface area contributed by atoms with Crippen molar-refractivity contribution in [3.63, 3.8) is 0 Å². The summed E-state index contributed by atoms with van der Waals surface area (Å²) < 4.78 is 37.0. The highest BCUT2D eigenvalue weighted by molar-refractivity contribution is 7.92. The summed E-state index contributed by atoms with van der Waals surface area (Å²) in [5, 5.41) is 5.48. The quantitative estimate of drug-likeness (QED) is 0.415. The standard InChI is InChI=1S/C23H26N4O5S/c1-3-33(29,30)27-21-11-10-18(14-22(21)31-2)26-23(28)25-15-17-7-6-9-20(13-17)32-16-19-8-4-5-12-24-19/h4-14,27H,3,15-16H2,1-2H3,(H2,25,26,28). The van der Waals surface area contributed by atoms with Gasteiger partial charge in [0.2, 0.25) is 10.0 Å². The maximum absolute atomic E-state index is 12.3. The minimum Gasteiger partial charge on any atom is -0.494 e. The first kappa shape index (κ1) is 23.9. The number of hydrogen-bond donors (Lipinski definition) is 3. The molecule has 3 rings (SSSR count). The number of anilines is 2. The van der Waals surface area contributed by atoms with Crippen LogP contribution in [-0.4, -0.2) is 32.3 Å². The first-order chi connectivity index (χ1) is 15.9. The molecule has 174 valence electrons. The summed E-state index contributed by atoms with van der Waals surface area (Å²) >= 11 is 0. The van der Waals surface area contributed by atoms with Crippen LogP contribution in [0.1, 0.15) is 18.2 Å². The molecule has 0 atom stereocenters. The maximum atomic E-state index is 12.3. The molecule has 0 fully saturated rings. The number of urea groups is 1. The second-order valence-electron chi connectivity index (χ2n) is 6.99. The van der Waals surface area contributed by atoms with Crippen LogP contribution in [0.5, 0.6) is 11.5 Å². The Morgan fingerprint density at radius 3 is 2.64 bits per heavy atom. The lowest BCUT2D eigenvalue weighted by atomic mass is 10.2. The monoisotopic (exact) mass is 470 g/mol. The molecule has 9 nitrogen and oxygen atoms in total. The van der Waals surface area contributed by atoms with Crippen LogP contribution < -0.4 is 24.8 Å². The molecule has 0 bridgehead atoms. The van der Waals surface area contributed by atoms with Crippen LogP contribution >= 0.6 is 0 Å². The van der Waals surface area contributed by atoms with E-state index >= 15 is 0 Å². The third-order valence-corrected chi connectivity index (χ3v) is 5.86. The minimum atomic E-state index is -3.45. The molecule has 0 unspecified atom stereocenters. The van der Waals surface area contributed by atoms with Gasteiger partial charge in [0, 0.05) is 24.5 Å². The lowest BCUT2D eigenvalue weighted by Gasteiger charge is -2.13. The number of sulfonamides is 1. The van der Waals surface area contributed by atoms with Gasteiger partial charge in [-0.05, 0) is 48.9 Å². The summed E-state index contributed by atoms with van der Waals surface area (Å²) in [6, 6.07) is 17.3. The summed E-state index contributed by atoms with van der Waals surface area (Å²) in [5.74, 6) is 0.909. The van der Waals surface area contributed by atoms with Crippen molar-refractivity contribution < 1.29 is 22.7 Å². The van der Waals surface area contributed by atoms with Gasteiger partial charge in [0.1, 0.15) is 18.1 Å². The SMILES string of the molecule is CCS(=O)(=O)Nc1ccc(NC(=O)NCc2cccc(OCc3ccccn3)c2)cc1OC. The van der Waals surface area contributed by atoms with Gasteiger partial charge in [0.05, 0.1) is 24.2 Å². The Balaban J connectivity index is 1.55. The lowest BCUT2D eigenvalue weighted by Crippen LogP contribution is -2.28. The highest BCUT2D eigenvalue weighted by Crippen LogP contribution is 2.28. The Labute approximate surface area is 193 Å². The van der Waals surface area contributed by atoms with E-state index in [2.05, 4.69) is 20.3 Å².